The minimum Gasteiger partial charge on any atom is -0.481 e. The summed E-state index contributed by atoms with van der Waals surface area (Å²) < 4.78 is 33.2. The summed E-state index contributed by atoms with van der Waals surface area (Å²) in [5.41, 5.74) is 1.49. The fourth-order valence-corrected chi connectivity index (χ4v) is 5.03. The highest BCUT2D eigenvalue weighted by atomic mass is 35.5. The molecule has 2 aromatic carbocycles. The molecule has 4 rings (SSSR count). The van der Waals surface area contributed by atoms with Crippen LogP contribution in [0.25, 0.3) is 0 Å². The van der Waals surface area contributed by atoms with E-state index in [0.29, 0.717) is 34.6 Å². The molecule has 0 aliphatic carbocycles. The molecule has 1 aromatic heterocycles. The first kappa shape index (κ1) is 20.6. The molecule has 7 nitrogen and oxygen atoms in total. The number of rotatable bonds is 6. The number of benzene rings is 2. The lowest BCUT2D eigenvalue weighted by Crippen LogP contribution is -2.32. The van der Waals surface area contributed by atoms with Gasteiger partial charge >= 0.3 is 0 Å². The van der Waals surface area contributed by atoms with E-state index in [2.05, 4.69) is 9.71 Å². The minimum absolute atomic E-state index is 0. The van der Waals surface area contributed by atoms with Crippen molar-refractivity contribution in [3.05, 3.63) is 64.6 Å². The van der Waals surface area contributed by atoms with Crippen LogP contribution in [-0.2, 0) is 14.8 Å². The average Bonchev–Trinajstić information content (AvgIpc) is 3.35. The van der Waals surface area contributed by atoms with E-state index in [9.17, 15) is 13.2 Å². The molecule has 1 N–H and O–H groups in total. The first-order valence-electron chi connectivity index (χ1n) is 9.10. The second kappa shape index (κ2) is 8.25. The van der Waals surface area contributed by atoms with Crippen molar-refractivity contribution >= 4 is 49.7 Å². The third kappa shape index (κ3) is 4.28. The molecular formula is C20H20ClN3O4S2. The maximum absolute atomic E-state index is 12.8. The molecule has 1 aliphatic heterocycles. The van der Waals surface area contributed by atoms with Crippen molar-refractivity contribution in [2.45, 2.75) is 24.3 Å². The average molecular weight is 466 g/mol. The zero-order valence-electron chi connectivity index (χ0n) is 15.9. The van der Waals surface area contributed by atoms with Crippen LogP contribution in [0.1, 0.15) is 13.4 Å². The van der Waals surface area contributed by atoms with Crippen LogP contribution in [0.15, 0.2) is 58.9 Å². The van der Waals surface area contributed by atoms with Gasteiger partial charge in [0, 0.05) is 36.7 Å². The van der Waals surface area contributed by atoms with Gasteiger partial charge in [0.2, 0.25) is 0 Å². The van der Waals surface area contributed by atoms with Crippen LogP contribution in [0.3, 0.4) is 0 Å². The van der Waals surface area contributed by atoms with Crippen LogP contribution in [-0.4, -0.2) is 32.0 Å². The number of carbonyl (C=O) groups is 1. The Labute approximate surface area is 184 Å². The van der Waals surface area contributed by atoms with Gasteiger partial charge in [0.15, 0.2) is 11.2 Å². The first-order chi connectivity index (χ1) is 14.3. The Bertz CT molecular complexity index is 1170. The number of thiazole rings is 1. The highest BCUT2D eigenvalue weighted by Crippen LogP contribution is 2.28. The van der Waals surface area contributed by atoms with Crippen LogP contribution < -0.4 is 14.4 Å². The van der Waals surface area contributed by atoms with Crippen molar-refractivity contribution in [2.75, 3.05) is 16.2 Å². The Balaban J connectivity index is 0.00000272. The highest BCUT2D eigenvalue weighted by Gasteiger charge is 2.34. The van der Waals surface area contributed by atoms with Crippen LogP contribution >= 0.6 is 22.9 Å². The van der Waals surface area contributed by atoms with E-state index >= 15 is 0 Å². The molecule has 3 aromatic rings. The number of amides is 1. The number of nitrogens with zero attached hydrogens (tertiary/aromatic N) is 2. The van der Waals surface area contributed by atoms with Gasteiger partial charge in [-0.3, -0.25) is 9.52 Å². The van der Waals surface area contributed by atoms with Crippen molar-refractivity contribution in [1.29, 1.82) is 0 Å². The molecule has 30 heavy (non-hydrogen) atoms. The van der Waals surface area contributed by atoms with E-state index in [1.54, 1.807) is 40.6 Å². The summed E-state index contributed by atoms with van der Waals surface area (Å²) in [5.74, 6) is 0.422. The number of halogens is 1. The number of nitrogens with one attached hydrogen (secondary N) is 1. The Morgan fingerprint density at radius 2 is 2.03 bits per heavy atom. The molecule has 0 spiro atoms. The highest BCUT2D eigenvalue weighted by molar-refractivity contribution is 7.93. The summed E-state index contributed by atoms with van der Waals surface area (Å²) in [6.45, 7) is 2.36. The lowest BCUT2D eigenvalue weighted by atomic mass is 10.2. The molecule has 0 radical (unpaired) electrons. The number of sulfonamides is 1. The van der Waals surface area contributed by atoms with Crippen LogP contribution in [0.4, 0.5) is 10.8 Å². The molecule has 1 amide bonds. The van der Waals surface area contributed by atoms with Crippen LogP contribution in [0.2, 0.25) is 5.02 Å². The Hall–Kier alpha value is -2.62. The number of carbonyl (C=O) groups excluding carboxylic acids is 1. The molecule has 1 atom stereocenters. The van der Waals surface area contributed by atoms with Gasteiger partial charge in [-0.2, -0.15) is 0 Å². The number of aromatic nitrogens is 1. The molecule has 10 heteroatoms. The van der Waals surface area contributed by atoms with E-state index in [4.69, 9.17) is 16.3 Å². The van der Waals surface area contributed by atoms with Gasteiger partial charge in [-0.25, -0.2) is 13.4 Å². The zero-order valence-corrected chi connectivity index (χ0v) is 18.3. The summed E-state index contributed by atoms with van der Waals surface area (Å²) in [5, 5.41) is 2.62. The normalized spacial score (nSPS) is 16.7. The Morgan fingerprint density at radius 3 is 2.70 bits per heavy atom. The predicted molar refractivity (Wildman–Crippen MR) is 119 cm³/mol. The fraction of sp³-hybridized carbons (Fsp3) is 0.200. The minimum atomic E-state index is -3.74. The van der Waals surface area contributed by atoms with Crippen LogP contribution in [0, 0.1) is 6.92 Å². The standard InChI is InChI=1S/C20H18ClN3O4S2.H2/c1-13-12-15(4-7-17(13)21)28-18-8-10-24(19(18)25)14-2-5-16(6-3-14)30(26,27)23-20-22-9-11-29-20;/h2-7,9,11-12,18H,8,10H2,1H3,(H,22,23);1H. The quantitative estimate of drug-likeness (QED) is 0.585. The van der Waals surface area contributed by atoms with Crippen molar-refractivity contribution < 1.29 is 19.4 Å². The monoisotopic (exact) mass is 465 g/mol. The Morgan fingerprint density at radius 1 is 1.27 bits per heavy atom. The van der Waals surface area contributed by atoms with Crippen LogP contribution in [0.5, 0.6) is 5.75 Å². The lowest BCUT2D eigenvalue weighted by Gasteiger charge is -2.18. The SMILES string of the molecule is Cc1cc(OC2CCN(c3ccc(S(=O)(=O)Nc4nccs4)cc3)C2=O)ccc1Cl.[HH]. The second-order valence-electron chi connectivity index (χ2n) is 6.73. The number of hydrogen-bond acceptors (Lipinski definition) is 6. The van der Waals surface area contributed by atoms with E-state index in [1.165, 1.54) is 29.7 Å². The lowest BCUT2D eigenvalue weighted by molar-refractivity contribution is -0.122. The van der Waals surface area contributed by atoms with Crippen molar-refractivity contribution in [3.8, 4) is 5.75 Å². The van der Waals surface area contributed by atoms with E-state index in [0.717, 1.165) is 5.56 Å². The summed E-state index contributed by atoms with van der Waals surface area (Å²) in [7, 11) is -3.74. The molecular weight excluding hydrogens is 446 g/mol. The van der Waals surface area contributed by atoms with Crippen molar-refractivity contribution in [1.82, 2.24) is 4.98 Å². The van der Waals surface area contributed by atoms with Gasteiger partial charge < -0.3 is 9.64 Å². The second-order valence-corrected chi connectivity index (χ2v) is 9.72. The molecule has 0 saturated carbocycles. The molecule has 1 unspecified atom stereocenters. The van der Waals surface area contributed by atoms with Gasteiger partial charge in [-0.15, -0.1) is 11.3 Å². The first-order valence-corrected chi connectivity index (χ1v) is 11.8. The van der Waals surface area contributed by atoms with Gasteiger partial charge in [-0.1, -0.05) is 11.6 Å². The molecule has 158 valence electrons. The van der Waals surface area contributed by atoms with E-state index in [1.807, 2.05) is 6.92 Å². The summed E-state index contributed by atoms with van der Waals surface area (Å²) in [6.07, 6.45) is 1.46. The van der Waals surface area contributed by atoms with E-state index in [-0.39, 0.29) is 12.2 Å². The smallest absolute Gasteiger partial charge is 0.268 e. The maximum atomic E-state index is 12.8. The summed E-state index contributed by atoms with van der Waals surface area (Å²) in [4.78, 5) is 18.4. The number of ether oxygens (including phenoxy) is 1. The molecule has 1 fully saturated rings. The van der Waals surface area contributed by atoms with E-state index < -0.39 is 16.1 Å². The molecule has 1 saturated heterocycles. The van der Waals surface area contributed by atoms with Crippen molar-refractivity contribution in [3.63, 3.8) is 0 Å². The van der Waals surface area contributed by atoms with Gasteiger partial charge in [-0.05, 0) is 55.0 Å². The Kier molecular flexibility index (Phi) is 5.68. The third-order valence-electron chi connectivity index (χ3n) is 4.68. The number of aryl methyl sites for hydroxylation is 1. The topological polar surface area (TPSA) is 88.6 Å². The third-order valence-corrected chi connectivity index (χ3v) is 7.27. The largest absolute Gasteiger partial charge is 0.481 e. The molecule has 2 heterocycles. The van der Waals surface area contributed by atoms with Gasteiger partial charge in [0.05, 0.1) is 4.90 Å². The number of anilines is 2. The maximum Gasteiger partial charge on any atom is 0.268 e. The number of hydrogen-bond donors (Lipinski definition) is 1. The molecule has 0 bridgehead atoms. The zero-order chi connectivity index (χ0) is 21.3. The molecule has 1 aliphatic rings. The van der Waals surface area contributed by atoms with Gasteiger partial charge in [0.1, 0.15) is 5.75 Å². The predicted octanol–water partition coefficient (Wildman–Crippen LogP) is 4.34. The van der Waals surface area contributed by atoms with Crippen molar-refractivity contribution in [2.24, 2.45) is 0 Å². The van der Waals surface area contributed by atoms with Gasteiger partial charge in [0.25, 0.3) is 15.9 Å². The fourth-order valence-electron chi connectivity index (χ4n) is 3.13. The summed E-state index contributed by atoms with van der Waals surface area (Å²) in [6, 6.07) is 11.4. The summed E-state index contributed by atoms with van der Waals surface area (Å²) >= 11 is 7.23.